The van der Waals surface area contributed by atoms with Gasteiger partial charge >= 0.3 is 5.97 Å². The molecule has 0 heterocycles. The number of ether oxygens (including phenoxy) is 1. The average Bonchev–Trinajstić information content (AvgIpc) is 2.52. The zero-order valence-electron chi connectivity index (χ0n) is 14.4. The fraction of sp³-hybridized carbons (Fsp3) is 0.316. The summed E-state index contributed by atoms with van der Waals surface area (Å²) in [5.41, 5.74) is 1.70. The predicted molar refractivity (Wildman–Crippen MR) is 103 cm³/mol. The lowest BCUT2D eigenvalue weighted by molar-refractivity contribution is 0.0698. The van der Waals surface area contributed by atoms with Crippen LogP contribution in [0.5, 0.6) is 5.75 Å². The number of anilines is 1. The van der Waals surface area contributed by atoms with Gasteiger partial charge in [-0.05, 0) is 35.2 Å². The standard InChI is InChI=1S/C19H21Cl2NO3/c1-19(2,3)12-4-6-14(7-5-12)25-9-8-22-17-15(18(23)24)10-13(20)11-16(17)21/h4-7,10-11,22H,8-9H2,1-3H3,(H,23,24). The third-order valence-electron chi connectivity index (χ3n) is 3.68. The molecule has 2 N–H and O–H groups in total. The van der Waals surface area contributed by atoms with Crippen LogP contribution in [0.3, 0.4) is 0 Å². The molecule has 0 spiro atoms. The molecule has 0 aliphatic carbocycles. The van der Waals surface area contributed by atoms with Crippen molar-refractivity contribution in [1.82, 2.24) is 0 Å². The summed E-state index contributed by atoms with van der Waals surface area (Å²) in [5, 5.41) is 12.8. The summed E-state index contributed by atoms with van der Waals surface area (Å²) in [6.45, 7) is 7.24. The summed E-state index contributed by atoms with van der Waals surface area (Å²) in [6, 6.07) is 10.8. The number of carbonyl (C=O) groups is 1. The number of nitrogens with one attached hydrogen (secondary N) is 1. The van der Waals surface area contributed by atoms with Crippen molar-refractivity contribution in [2.24, 2.45) is 0 Å². The first-order chi connectivity index (χ1) is 11.7. The molecule has 0 bridgehead atoms. The number of benzene rings is 2. The highest BCUT2D eigenvalue weighted by Crippen LogP contribution is 2.30. The second-order valence-electron chi connectivity index (χ2n) is 6.66. The van der Waals surface area contributed by atoms with Gasteiger partial charge in [-0.3, -0.25) is 0 Å². The maximum Gasteiger partial charge on any atom is 0.337 e. The van der Waals surface area contributed by atoms with E-state index in [1.807, 2.05) is 24.3 Å². The number of carboxylic acid groups (broad SMARTS) is 1. The van der Waals surface area contributed by atoms with Gasteiger partial charge in [-0.2, -0.15) is 0 Å². The van der Waals surface area contributed by atoms with Gasteiger partial charge in [0.2, 0.25) is 0 Å². The molecule has 0 saturated heterocycles. The van der Waals surface area contributed by atoms with Gasteiger partial charge in [-0.15, -0.1) is 0 Å². The summed E-state index contributed by atoms with van der Waals surface area (Å²) in [5.74, 6) is -0.332. The van der Waals surface area contributed by atoms with E-state index in [1.54, 1.807) is 0 Å². The van der Waals surface area contributed by atoms with E-state index in [0.717, 1.165) is 5.75 Å². The van der Waals surface area contributed by atoms with Gasteiger partial charge in [0.05, 0.1) is 16.3 Å². The number of halogens is 2. The van der Waals surface area contributed by atoms with Gasteiger partial charge in [0.15, 0.2) is 0 Å². The Morgan fingerprint density at radius 2 is 1.80 bits per heavy atom. The first-order valence-electron chi connectivity index (χ1n) is 7.88. The van der Waals surface area contributed by atoms with Gasteiger partial charge in [0.25, 0.3) is 0 Å². The smallest absolute Gasteiger partial charge is 0.337 e. The van der Waals surface area contributed by atoms with Crippen molar-refractivity contribution in [3.05, 3.63) is 57.6 Å². The van der Waals surface area contributed by atoms with Crippen LogP contribution in [0.15, 0.2) is 36.4 Å². The second kappa shape index (κ2) is 7.98. The maximum atomic E-state index is 11.3. The zero-order chi connectivity index (χ0) is 18.6. The first kappa shape index (κ1) is 19.4. The van der Waals surface area contributed by atoms with Crippen LogP contribution in [0.1, 0.15) is 36.7 Å². The molecule has 25 heavy (non-hydrogen) atoms. The van der Waals surface area contributed by atoms with Crippen molar-refractivity contribution in [3.8, 4) is 5.75 Å². The van der Waals surface area contributed by atoms with E-state index in [9.17, 15) is 9.90 Å². The fourth-order valence-corrected chi connectivity index (χ4v) is 2.88. The molecule has 0 fully saturated rings. The molecule has 0 aliphatic heterocycles. The molecule has 2 aromatic rings. The van der Waals surface area contributed by atoms with Crippen LogP contribution in [0.2, 0.25) is 10.0 Å². The van der Waals surface area contributed by atoms with E-state index in [2.05, 4.69) is 26.1 Å². The minimum absolute atomic E-state index is 0.0343. The summed E-state index contributed by atoms with van der Waals surface area (Å²) in [6.07, 6.45) is 0. The Balaban J connectivity index is 1.95. The largest absolute Gasteiger partial charge is 0.492 e. The van der Waals surface area contributed by atoms with Crippen molar-refractivity contribution >= 4 is 34.9 Å². The quantitative estimate of drug-likeness (QED) is 0.650. The first-order valence-corrected chi connectivity index (χ1v) is 8.63. The molecule has 0 radical (unpaired) electrons. The third-order valence-corrected chi connectivity index (χ3v) is 4.19. The lowest BCUT2D eigenvalue weighted by Gasteiger charge is -2.19. The molecular formula is C19H21Cl2NO3. The summed E-state index contributed by atoms with van der Waals surface area (Å²) < 4.78 is 5.68. The number of rotatable bonds is 6. The van der Waals surface area contributed by atoms with Gasteiger partial charge in [-0.25, -0.2) is 4.79 Å². The van der Waals surface area contributed by atoms with Crippen LogP contribution in [0.25, 0.3) is 0 Å². The summed E-state index contributed by atoms with van der Waals surface area (Å²) in [4.78, 5) is 11.3. The maximum absolute atomic E-state index is 11.3. The Bertz CT molecular complexity index is 752. The molecule has 0 aromatic heterocycles. The Labute approximate surface area is 157 Å². The molecule has 0 atom stereocenters. The van der Waals surface area contributed by atoms with Crippen molar-refractivity contribution in [3.63, 3.8) is 0 Å². The molecule has 0 aliphatic rings. The van der Waals surface area contributed by atoms with Gasteiger partial charge < -0.3 is 15.2 Å². The van der Waals surface area contributed by atoms with E-state index in [0.29, 0.717) is 18.8 Å². The van der Waals surface area contributed by atoms with Crippen LogP contribution in [0.4, 0.5) is 5.69 Å². The number of hydrogen-bond acceptors (Lipinski definition) is 3. The van der Waals surface area contributed by atoms with E-state index in [1.165, 1.54) is 17.7 Å². The zero-order valence-corrected chi connectivity index (χ0v) is 15.9. The predicted octanol–water partition coefficient (Wildman–Crippen LogP) is 5.48. The molecule has 134 valence electrons. The number of aromatic carboxylic acids is 1. The van der Waals surface area contributed by atoms with Gasteiger partial charge in [-0.1, -0.05) is 56.1 Å². The normalized spacial score (nSPS) is 11.2. The lowest BCUT2D eigenvalue weighted by Crippen LogP contribution is -2.15. The molecular weight excluding hydrogens is 361 g/mol. The minimum atomic E-state index is -1.09. The third kappa shape index (κ3) is 5.28. The molecule has 2 rings (SSSR count). The van der Waals surface area contributed by atoms with E-state index < -0.39 is 5.97 Å². The van der Waals surface area contributed by atoms with Crippen LogP contribution < -0.4 is 10.1 Å². The van der Waals surface area contributed by atoms with Crippen LogP contribution in [-0.4, -0.2) is 24.2 Å². The second-order valence-corrected chi connectivity index (χ2v) is 7.51. The highest BCUT2D eigenvalue weighted by Gasteiger charge is 2.15. The molecule has 0 saturated carbocycles. The van der Waals surface area contributed by atoms with Crippen molar-refractivity contribution in [1.29, 1.82) is 0 Å². The Morgan fingerprint density at radius 3 is 2.36 bits per heavy atom. The average molecular weight is 382 g/mol. The van der Waals surface area contributed by atoms with Crippen LogP contribution in [-0.2, 0) is 5.41 Å². The SMILES string of the molecule is CC(C)(C)c1ccc(OCCNc2c(Cl)cc(Cl)cc2C(=O)O)cc1. The van der Waals surface area contributed by atoms with Crippen molar-refractivity contribution in [2.45, 2.75) is 26.2 Å². The highest BCUT2D eigenvalue weighted by atomic mass is 35.5. The topological polar surface area (TPSA) is 58.6 Å². The number of carboxylic acids is 1. The Kier molecular flexibility index (Phi) is 6.20. The Morgan fingerprint density at radius 1 is 1.16 bits per heavy atom. The molecule has 0 amide bonds. The Hall–Kier alpha value is -1.91. The van der Waals surface area contributed by atoms with Crippen LogP contribution in [0, 0.1) is 0 Å². The minimum Gasteiger partial charge on any atom is -0.492 e. The molecule has 6 heteroatoms. The fourth-order valence-electron chi connectivity index (χ4n) is 2.32. The van der Waals surface area contributed by atoms with E-state index >= 15 is 0 Å². The molecule has 2 aromatic carbocycles. The van der Waals surface area contributed by atoms with E-state index in [4.69, 9.17) is 27.9 Å². The summed E-state index contributed by atoms with van der Waals surface area (Å²) in [7, 11) is 0. The lowest BCUT2D eigenvalue weighted by atomic mass is 9.87. The molecule has 0 unspecified atom stereocenters. The monoisotopic (exact) mass is 381 g/mol. The van der Waals surface area contributed by atoms with E-state index in [-0.39, 0.29) is 21.0 Å². The van der Waals surface area contributed by atoms with Gasteiger partial charge in [0, 0.05) is 11.6 Å². The van der Waals surface area contributed by atoms with Crippen molar-refractivity contribution in [2.75, 3.05) is 18.5 Å². The van der Waals surface area contributed by atoms with Gasteiger partial charge in [0.1, 0.15) is 12.4 Å². The van der Waals surface area contributed by atoms with Crippen molar-refractivity contribution < 1.29 is 14.6 Å². The molecule has 4 nitrogen and oxygen atoms in total. The number of hydrogen-bond donors (Lipinski definition) is 2. The summed E-state index contributed by atoms with van der Waals surface area (Å²) >= 11 is 11.9. The highest BCUT2D eigenvalue weighted by molar-refractivity contribution is 6.37. The van der Waals surface area contributed by atoms with Crippen LogP contribution >= 0.6 is 23.2 Å².